The minimum Gasteiger partial charge on any atom is -0.459 e. The van der Waals surface area contributed by atoms with Gasteiger partial charge in [-0.2, -0.15) is 0 Å². The van der Waals surface area contributed by atoms with Crippen LogP contribution in [0.1, 0.15) is 11.3 Å². The number of aryl methyl sites for hydroxylation is 1. The predicted molar refractivity (Wildman–Crippen MR) is 93.7 cm³/mol. The molecule has 118 valence electrons. The minimum atomic E-state index is -0.417. The van der Waals surface area contributed by atoms with Crippen LogP contribution in [0.2, 0.25) is 0 Å². The number of fused-ring (bicyclic) bond motifs is 1. The Morgan fingerprint density at radius 3 is 2.70 bits per heavy atom. The van der Waals surface area contributed by atoms with Gasteiger partial charge in [0.2, 0.25) is 0 Å². The maximum Gasteiger partial charge on any atom is 0.414 e. The van der Waals surface area contributed by atoms with E-state index in [0.29, 0.717) is 5.76 Å². The van der Waals surface area contributed by atoms with Crippen molar-refractivity contribution in [3.05, 3.63) is 64.3 Å². The SMILES string of the molecule is Cc1oc2ccc(Br)cc2c1N(C)C(=O)OCc1ccccc1. The smallest absolute Gasteiger partial charge is 0.414 e. The van der Waals surface area contributed by atoms with Crippen LogP contribution < -0.4 is 4.90 Å². The average molecular weight is 374 g/mol. The Balaban J connectivity index is 1.82. The van der Waals surface area contributed by atoms with E-state index in [0.717, 1.165) is 26.7 Å². The van der Waals surface area contributed by atoms with Crippen LogP contribution in [0.15, 0.2) is 57.4 Å². The molecule has 3 rings (SSSR count). The number of hydrogen-bond donors (Lipinski definition) is 0. The lowest BCUT2D eigenvalue weighted by Gasteiger charge is -2.17. The number of amides is 1. The number of ether oxygens (including phenoxy) is 1. The molecule has 0 fully saturated rings. The van der Waals surface area contributed by atoms with Gasteiger partial charge in [-0.15, -0.1) is 0 Å². The summed E-state index contributed by atoms with van der Waals surface area (Å²) in [5, 5.41) is 0.871. The zero-order valence-electron chi connectivity index (χ0n) is 12.9. The molecule has 0 bridgehead atoms. The minimum absolute atomic E-state index is 0.239. The zero-order valence-corrected chi connectivity index (χ0v) is 14.5. The highest BCUT2D eigenvalue weighted by Gasteiger charge is 2.21. The second kappa shape index (κ2) is 6.46. The van der Waals surface area contributed by atoms with Crippen molar-refractivity contribution in [2.45, 2.75) is 13.5 Å². The number of nitrogens with zero attached hydrogens (tertiary/aromatic N) is 1. The molecule has 0 radical (unpaired) electrons. The fraction of sp³-hybridized carbons (Fsp3) is 0.167. The molecule has 1 aromatic heterocycles. The molecule has 0 aliphatic rings. The number of halogens is 1. The van der Waals surface area contributed by atoms with Crippen LogP contribution >= 0.6 is 15.9 Å². The maximum atomic E-state index is 12.3. The molecule has 1 heterocycles. The molecule has 5 heteroatoms. The van der Waals surface area contributed by atoms with E-state index in [-0.39, 0.29) is 6.61 Å². The first-order chi connectivity index (χ1) is 11.1. The van der Waals surface area contributed by atoms with Gasteiger partial charge in [0.25, 0.3) is 0 Å². The van der Waals surface area contributed by atoms with Crippen molar-refractivity contribution in [3.8, 4) is 0 Å². The van der Waals surface area contributed by atoms with Crippen LogP contribution in [0.3, 0.4) is 0 Å². The lowest BCUT2D eigenvalue weighted by Crippen LogP contribution is -2.27. The third-order valence-electron chi connectivity index (χ3n) is 3.61. The first-order valence-electron chi connectivity index (χ1n) is 7.19. The fourth-order valence-corrected chi connectivity index (χ4v) is 2.86. The van der Waals surface area contributed by atoms with Crippen LogP contribution in [0.5, 0.6) is 0 Å². The molecule has 0 N–H and O–H groups in total. The number of furan rings is 1. The molecule has 0 unspecified atom stereocenters. The Morgan fingerprint density at radius 1 is 1.22 bits per heavy atom. The van der Waals surface area contributed by atoms with Crippen LogP contribution in [0.25, 0.3) is 11.0 Å². The fourth-order valence-electron chi connectivity index (χ4n) is 2.50. The monoisotopic (exact) mass is 373 g/mol. The lowest BCUT2D eigenvalue weighted by atomic mass is 10.2. The van der Waals surface area contributed by atoms with E-state index in [4.69, 9.17) is 9.15 Å². The van der Waals surface area contributed by atoms with Crippen molar-refractivity contribution in [2.24, 2.45) is 0 Å². The standard InChI is InChI=1S/C18H16BrNO3/c1-12-17(15-10-14(19)8-9-16(15)23-12)20(2)18(21)22-11-13-6-4-3-5-7-13/h3-10H,11H2,1-2H3. The molecular formula is C18H16BrNO3. The highest BCUT2D eigenvalue weighted by molar-refractivity contribution is 9.10. The third-order valence-corrected chi connectivity index (χ3v) is 4.10. The molecule has 23 heavy (non-hydrogen) atoms. The van der Waals surface area contributed by atoms with Gasteiger partial charge in [0.1, 0.15) is 18.0 Å². The van der Waals surface area contributed by atoms with E-state index in [9.17, 15) is 4.79 Å². The number of rotatable bonds is 3. The Morgan fingerprint density at radius 2 is 1.96 bits per heavy atom. The molecule has 4 nitrogen and oxygen atoms in total. The van der Waals surface area contributed by atoms with E-state index >= 15 is 0 Å². The second-order valence-corrected chi connectivity index (χ2v) is 6.16. The van der Waals surface area contributed by atoms with Gasteiger partial charge in [0.15, 0.2) is 0 Å². The summed E-state index contributed by atoms with van der Waals surface area (Å²) in [5.74, 6) is 0.678. The van der Waals surface area contributed by atoms with Crippen molar-refractivity contribution >= 4 is 38.7 Å². The summed E-state index contributed by atoms with van der Waals surface area (Å²) in [6, 6.07) is 15.3. The van der Waals surface area contributed by atoms with Gasteiger partial charge in [-0.25, -0.2) is 4.79 Å². The third kappa shape index (κ3) is 3.24. The Hall–Kier alpha value is -2.27. The molecule has 3 aromatic rings. The Kier molecular flexibility index (Phi) is 4.39. The van der Waals surface area contributed by atoms with Crippen molar-refractivity contribution in [1.82, 2.24) is 0 Å². The summed E-state index contributed by atoms with van der Waals surface area (Å²) < 4.78 is 12.0. The first-order valence-corrected chi connectivity index (χ1v) is 7.98. The number of anilines is 1. The van der Waals surface area contributed by atoms with Gasteiger partial charge in [0.05, 0.1) is 5.69 Å². The highest BCUT2D eigenvalue weighted by atomic mass is 79.9. The molecule has 1 amide bonds. The highest BCUT2D eigenvalue weighted by Crippen LogP contribution is 2.34. The van der Waals surface area contributed by atoms with Gasteiger partial charge in [-0.05, 0) is 30.7 Å². The second-order valence-electron chi connectivity index (χ2n) is 5.25. The first kappa shape index (κ1) is 15.6. The number of hydrogen-bond acceptors (Lipinski definition) is 3. The molecule has 0 saturated carbocycles. The van der Waals surface area contributed by atoms with Crippen LogP contribution in [-0.4, -0.2) is 13.1 Å². The number of benzene rings is 2. The zero-order chi connectivity index (χ0) is 16.4. The maximum absolute atomic E-state index is 12.3. The Bertz CT molecular complexity index is 842. The van der Waals surface area contributed by atoms with Gasteiger partial charge in [0, 0.05) is 16.9 Å². The van der Waals surface area contributed by atoms with E-state index < -0.39 is 6.09 Å². The summed E-state index contributed by atoms with van der Waals surface area (Å²) in [5.41, 5.74) is 2.41. The van der Waals surface area contributed by atoms with Crippen molar-refractivity contribution in [2.75, 3.05) is 11.9 Å². The van der Waals surface area contributed by atoms with Gasteiger partial charge >= 0.3 is 6.09 Å². The van der Waals surface area contributed by atoms with E-state index in [1.807, 2.05) is 55.5 Å². The number of carbonyl (C=O) groups is 1. The molecule has 0 atom stereocenters. The lowest BCUT2D eigenvalue weighted by molar-refractivity contribution is 0.148. The van der Waals surface area contributed by atoms with E-state index in [2.05, 4.69) is 15.9 Å². The summed E-state index contributed by atoms with van der Waals surface area (Å²) >= 11 is 3.45. The Labute approximate surface area is 142 Å². The largest absolute Gasteiger partial charge is 0.459 e. The predicted octanol–water partition coefficient (Wildman–Crippen LogP) is 5.28. The molecule has 0 aliphatic carbocycles. The van der Waals surface area contributed by atoms with Crippen molar-refractivity contribution in [3.63, 3.8) is 0 Å². The number of carbonyl (C=O) groups excluding carboxylic acids is 1. The molecule has 0 aliphatic heterocycles. The van der Waals surface area contributed by atoms with Crippen LogP contribution in [-0.2, 0) is 11.3 Å². The molecule has 0 spiro atoms. The summed E-state index contributed by atoms with van der Waals surface area (Å²) in [4.78, 5) is 13.8. The summed E-state index contributed by atoms with van der Waals surface area (Å²) in [6.07, 6.45) is -0.417. The molecular weight excluding hydrogens is 358 g/mol. The normalized spacial score (nSPS) is 10.7. The quantitative estimate of drug-likeness (QED) is 0.627. The van der Waals surface area contributed by atoms with Gasteiger partial charge < -0.3 is 9.15 Å². The van der Waals surface area contributed by atoms with E-state index in [1.54, 1.807) is 7.05 Å². The van der Waals surface area contributed by atoms with Crippen molar-refractivity contribution in [1.29, 1.82) is 0 Å². The molecule has 0 saturated heterocycles. The topological polar surface area (TPSA) is 42.7 Å². The van der Waals surface area contributed by atoms with Gasteiger partial charge in [-0.1, -0.05) is 46.3 Å². The average Bonchev–Trinajstić information content (AvgIpc) is 2.88. The van der Waals surface area contributed by atoms with Crippen LogP contribution in [0, 0.1) is 6.92 Å². The van der Waals surface area contributed by atoms with Gasteiger partial charge in [-0.3, -0.25) is 4.90 Å². The summed E-state index contributed by atoms with van der Waals surface area (Å²) in [6.45, 7) is 2.08. The van der Waals surface area contributed by atoms with E-state index in [1.165, 1.54) is 4.90 Å². The molecule has 2 aromatic carbocycles. The van der Waals surface area contributed by atoms with Crippen molar-refractivity contribution < 1.29 is 13.9 Å². The van der Waals surface area contributed by atoms with Crippen LogP contribution in [0.4, 0.5) is 10.5 Å². The summed E-state index contributed by atoms with van der Waals surface area (Å²) in [7, 11) is 1.69.